The number of amides is 2. The van der Waals surface area contributed by atoms with E-state index in [9.17, 15) is 9.59 Å². The minimum Gasteiger partial charge on any atom is -0.324 e. The van der Waals surface area contributed by atoms with Gasteiger partial charge in [-0.1, -0.05) is 0 Å². The lowest BCUT2D eigenvalue weighted by Crippen LogP contribution is -2.42. The van der Waals surface area contributed by atoms with Crippen LogP contribution in [0, 0.1) is 0 Å². The number of H-pyrrole nitrogens is 1. The number of urea groups is 1. The Kier molecular flexibility index (Phi) is 4.25. The van der Waals surface area contributed by atoms with Crippen LogP contribution < -0.4 is 11.0 Å². The summed E-state index contributed by atoms with van der Waals surface area (Å²) < 4.78 is 1.61. The molecule has 25 heavy (non-hydrogen) atoms. The van der Waals surface area contributed by atoms with Crippen molar-refractivity contribution < 1.29 is 4.79 Å². The third-order valence-corrected chi connectivity index (χ3v) is 5.14. The summed E-state index contributed by atoms with van der Waals surface area (Å²) in [7, 11) is 0. The molecule has 0 radical (unpaired) electrons. The maximum atomic E-state index is 12.5. The molecule has 2 aromatic heterocycles. The third kappa shape index (κ3) is 3.29. The highest BCUT2D eigenvalue weighted by atomic mass is 16.2. The fourth-order valence-corrected chi connectivity index (χ4v) is 3.72. The molecule has 0 bridgehead atoms. The summed E-state index contributed by atoms with van der Waals surface area (Å²) in [5.74, 6) is 0. The number of aromatic nitrogens is 4. The molecule has 3 heterocycles. The van der Waals surface area contributed by atoms with Gasteiger partial charge >= 0.3 is 11.7 Å². The summed E-state index contributed by atoms with van der Waals surface area (Å²) in [5, 5.41) is 9.14. The van der Waals surface area contributed by atoms with Crippen molar-refractivity contribution in [3.05, 3.63) is 40.3 Å². The summed E-state index contributed by atoms with van der Waals surface area (Å²) in [5.41, 5.74) is 2.99. The van der Waals surface area contributed by atoms with E-state index in [4.69, 9.17) is 0 Å². The van der Waals surface area contributed by atoms with Gasteiger partial charge in [0, 0.05) is 24.8 Å². The van der Waals surface area contributed by atoms with Crippen LogP contribution in [0.1, 0.15) is 43.0 Å². The van der Waals surface area contributed by atoms with Gasteiger partial charge < -0.3 is 10.2 Å². The maximum Gasteiger partial charge on any atom is 0.343 e. The topological polar surface area (TPSA) is 95.9 Å². The molecule has 1 aliphatic heterocycles. The molecular weight excluding hydrogens is 320 g/mol. The highest BCUT2D eigenvalue weighted by Gasteiger charge is 2.25. The number of anilines is 1. The quantitative estimate of drug-likeness (QED) is 0.868. The minimum absolute atomic E-state index is 0.0979. The molecule has 1 aliphatic carbocycles. The van der Waals surface area contributed by atoms with E-state index in [1.807, 2.05) is 0 Å². The lowest BCUT2D eigenvalue weighted by molar-refractivity contribution is 0.183. The number of likely N-dealkylation sites (tertiary alicyclic amines) is 1. The van der Waals surface area contributed by atoms with E-state index in [-0.39, 0.29) is 17.8 Å². The first-order valence-electron chi connectivity index (χ1n) is 8.86. The lowest BCUT2D eigenvalue weighted by Gasteiger charge is -2.32. The predicted octanol–water partition coefficient (Wildman–Crippen LogP) is 1.71. The number of rotatable bonds is 2. The molecule has 0 saturated carbocycles. The van der Waals surface area contributed by atoms with Crippen LogP contribution in [0.3, 0.4) is 0 Å². The molecule has 2 N–H and O–H groups in total. The van der Waals surface area contributed by atoms with Gasteiger partial charge in [-0.2, -0.15) is 5.10 Å². The molecule has 0 unspecified atom stereocenters. The van der Waals surface area contributed by atoms with Gasteiger partial charge in [0.1, 0.15) is 6.33 Å². The van der Waals surface area contributed by atoms with Crippen LogP contribution in [0.15, 0.2) is 23.4 Å². The van der Waals surface area contributed by atoms with Crippen molar-refractivity contribution in [1.82, 2.24) is 24.6 Å². The minimum atomic E-state index is -0.192. The van der Waals surface area contributed by atoms with Crippen molar-refractivity contribution in [2.75, 3.05) is 18.4 Å². The van der Waals surface area contributed by atoms with Crippen LogP contribution in [0.5, 0.6) is 0 Å². The van der Waals surface area contributed by atoms with Crippen molar-refractivity contribution in [3.8, 4) is 0 Å². The number of nitrogens with zero attached hydrogens (tertiary/aromatic N) is 4. The second-order valence-electron chi connectivity index (χ2n) is 6.75. The van der Waals surface area contributed by atoms with E-state index in [0.29, 0.717) is 13.1 Å². The Balaban J connectivity index is 1.36. The SMILES string of the molecule is O=C(Nc1cnc2c(c1)CCCC2)N1CCC(n2cn[nH]c2=O)CC1. The van der Waals surface area contributed by atoms with E-state index in [0.717, 1.165) is 37.1 Å². The van der Waals surface area contributed by atoms with E-state index in [1.54, 1.807) is 15.7 Å². The Hall–Kier alpha value is -2.64. The smallest absolute Gasteiger partial charge is 0.324 e. The average Bonchev–Trinajstić information content (AvgIpc) is 3.08. The number of hydrogen-bond acceptors (Lipinski definition) is 4. The largest absolute Gasteiger partial charge is 0.343 e. The van der Waals surface area contributed by atoms with Gasteiger partial charge in [0.2, 0.25) is 0 Å². The van der Waals surface area contributed by atoms with Crippen molar-refractivity contribution in [3.63, 3.8) is 0 Å². The molecule has 0 aromatic carbocycles. The fourth-order valence-electron chi connectivity index (χ4n) is 3.72. The highest BCUT2D eigenvalue weighted by Crippen LogP contribution is 2.24. The van der Waals surface area contributed by atoms with Gasteiger partial charge in [0.05, 0.1) is 11.9 Å². The number of nitrogens with one attached hydrogen (secondary N) is 2. The van der Waals surface area contributed by atoms with Gasteiger partial charge in [0.25, 0.3) is 0 Å². The monoisotopic (exact) mass is 342 g/mol. The summed E-state index contributed by atoms with van der Waals surface area (Å²) in [4.78, 5) is 30.4. The molecular formula is C17H22N6O2. The Morgan fingerprint density at radius 2 is 2.04 bits per heavy atom. The summed E-state index contributed by atoms with van der Waals surface area (Å²) in [6, 6.07) is 2.05. The Labute approximate surface area is 145 Å². The van der Waals surface area contributed by atoms with E-state index >= 15 is 0 Å². The molecule has 8 heteroatoms. The normalized spacial score (nSPS) is 18.0. The number of aryl methyl sites for hydroxylation is 2. The molecule has 132 valence electrons. The average molecular weight is 342 g/mol. The number of carbonyl (C=O) groups is 1. The van der Waals surface area contributed by atoms with Crippen LogP contribution in [0.2, 0.25) is 0 Å². The van der Waals surface area contributed by atoms with Crippen LogP contribution in [-0.2, 0) is 12.8 Å². The van der Waals surface area contributed by atoms with Crippen LogP contribution in [0.4, 0.5) is 10.5 Å². The first-order chi connectivity index (χ1) is 12.2. The zero-order valence-corrected chi connectivity index (χ0v) is 14.1. The molecule has 1 fully saturated rings. The second kappa shape index (κ2) is 6.70. The Morgan fingerprint density at radius 3 is 2.80 bits per heavy atom. The number of hydrogen-bond donors (Lipinski definition) is 2. The van der Waals surface area contributed by atoms with Gasteiger partial charge in [-0.25, -0.2) is 14.7 Å². The first kappa shape index (κ1) is 15.9. The van der Waals surface area contributed by atoms with Crippen molar-refractivity contribution in [1.29, 1.82) is 0 Å². The summed E-state index contributed by atoms with van der Waals surface area (Å²) in [6.45, 7) is 1.24. The van der Waals surface area contributed by atoms with Crippen LogP contribution in [-0.4, -0.2) is 43.8 Å². The molecule has 2 aliphatic rings. The van der Waals surface area contributed by atoms with Gasteiger partial charge in [-0.15, -0.1) is 0 Å². The molecule has 1 saturated heterocycles. The van der Waals surface area contributed by atoms with E-state index in [1.165, 1.54) is 24.7 Å². The van der Waals surface area contributed by atoms with E-state index < -0.39 is 0 Å². The fraction of sp³-hybridized carbons (Fsp3) is 0.529. The molecule has 4 rings (SSSR count). The summed E-state index contributed by atoms with van der Waals surface area (Å²) in [6.07, 6.45) is 9.22. The van der Waals surface area contributed by atoms with Crippen LogP contribution in [0.25, 0.3) is 0 Å². The number of piperidine rings is 1. The van der Waals surface area contributed by atoms with Crippen molar-refractivity contribution >= 4 is 11.7 Å². The number of carbonyl (C=O) groups excluding carboxylic acids is 1. The van der Waals surface area contributed by atoms with Gasteiger partial charge in [0.15, 0.2) is 0 Å². The molecule has 2 amide bonds. The molecule has 2 aromatic rings. The number of fused-ring (bicyclic) bond motifs is 1. The second-order valence-corrected chi connectivity index (χ2v) is 6.75. The van der Waals surface area contributed by atoms with Gasteiger partial charge in [-0.05, 0) is 50.2 Å². The Bertz CT molecular complexity index is 819. The third-order valence-electron chi connectivity index (χ3n) is 5.14. The maximum absolute atomic E-state index is 12.5. The zero-order chi connectivity index (χ0) is 17.2. The lowest BCUT2D eigenvalue weighted by atomic mass is 9.96. The van der Waals surface area contributed by atoms with Crippen molar-refractivity contribution in [2.24, 2.45) is 0 Å². The van der Waals surface area contributed by atoms with Crippen molar-refractivity contribution in [2.45, 2.75) is 44.6 Å². The number of pyridine rings is 1. The highest BCUT2D eigenvalue weighted by molar-refractivity contribution is 5.89. The molecule has 8 nitrogen and oxygen atoms in total. The van der Waals surface area contributed by atoms with E-state index in [2.05, 4.69) is 26.6 Å². The summed E-state index contributed by atoms with van der Waals surface area (Å²) >= 11 is 0. The Morgan fingerprint density at radius 1 is 1.24 bits per heavy atom. The molecule has 0 spiro atoms. The number of aromatic amines is 1. The standard InChI is InChI=1S/C17H22N6O2/c24-16(20-13-9-12-3-1-2-4-15(12)18-10-13)22-7-5-14(6-8-22)23-11-19-21-17(23)25/h9-11,14H,1-8H2,(H,20,24)(H,21,25). The van der Waals surface area contributed by atoms with Crippen LogP contribution >= 0.6 is 0 Å². The zero-order valence-electron chi connectivity index (χ0n) is 14.1. The van der Waals surface area contributed by atoms with Gasteiger partial charge in [-0.3, -0.25) is 9.55 Å². The predicted molar refractivity (Wildman–Crippen MR) is 92.6 cm³/mol. The molecule has 0 atom stereocenters. The first-order valence-corrected chi connectivity index (χ1v) is 8.86.